The molecule has 1 aliphatic rings. The number of benzene rings is 3. The summed E-state index contributed by atoms with van der Waals surface area (Å²) in [6.07, 6.45) is 4.91. The minimum atomic E-state index is -4.30. The van der Waals surface area contributed by atoms with Gasteiger partial charge in [0, 0.05) is 27.7 Å². The maximum atomic E-state index is 14.3. The van der Waals surface area contributed by atoms with Crippen LogP contribution in [0.25, 0.3) is 0 Å². The van der Waals surface area contributed by atoms with Gasteiger partial charge in [-0.15, -0.1) is 0 Å². The summed E-state index contributed by atoms with van der Waals surface area (Å²) in [6, 6.07) is 14.8. The van der Waals surface area contributed by atoms with Gasteiger partial charge in [-0.3, -0.25) is 13.9 Å². The number of methoxy groups -OCH3 is 1. The topological polar surface area (TPSA) is 96.0 Å². The van der Waals surface area contributed by atoms with Crippen LogP contribution < -0.4 is 14.4 Å². The van der Waals surface area contributed by atoms with E-state index in [1.807, 2.05) is 6.92 Å². The van der Waals surface area contributed by atoms with Crippen LogP contribution in [0.2, 0.25) is 15.1 Å². The molecule has 1 N–H and O–H groups in total. The van der Waals surface area contributed by atoms with Crippen molar-refractivity contribution in [3.8, 4) is 5.75 Å². The van der Waals surface area contributed by atoms with E-state index in [1.165, 1.54) is 36.3 Å². The molecule has 4 rings (SSSR count). The number of rotatable bonds is 11. The molecule has 1 atom stereocenters. The minimum absolute atomic E-state index is 0.0175. The average Bonchev–Trinajstić information content (AvgIpc) is 2.99. The zero-order valence-corrected chi connectivity index (χ0v) is 27.9. The van der Waals surface area contributed by atoms with E-state index in [1.54, 1.807) is 43.3 Å². The molecular weight excluding hydrogens is 645 g/mol. The van der Waals surface area contributed by atoms with Gasteiger partial charge >= 0.3 is 0 Å². The number of sulfonamides is 1. The molecule has 1 saturated carbocycles. The van der Waals surface area contributed by atoms with Gasteiger partial charge in [-0.25, -0.2) is 8.42 Å². The van der Waals surface area contributed by atoms with Crippen LogP contribution in [0.1, 0.15) is 50.2 Å². The fraction of sp³-hybridized carbons (Fsp3) is 0.375. The lowest BCUT2D eigenvalue weighted by Gasteiger charge is -2.33. The predicted molar refractivity (Wildman–Crippen MR) is 175 cm³/mol. The Morgan fingerprint density at radius 2 is 1.59 bits per heavy atom. The molecule has 44 heavy (non-hydrogen) atoms. The lowest BCUT2D eigenvalue weighted by molar-refractivity contribution is -0.139. The Labute approximate surface area is 274 Å². The fourth-order valence-corrected chi connectivity index (χ4v) is 7.24. The number of carbonyl (C=O) groups is 2. The number of nitrogens with zero attached hydrogens (tertiary/aromatic N) is 2. The SMILES string of the molecule is COc1ccc(Cl)cc1N(CC(=O)N(Cc1ccc(Cl)cc1Cl)[C@H](C)C(=O)NC1CCCCC1)S(=O)(=O)c1ccc(C)cc1. The van der Waals surface area contributed by atoms with Crippen LogP contribution in [0.3, 0.4) is 0 Å². The van der Waals surface area contributed by atoms with Crippen LogP contribution in [0.4, 0.5) is 5.69 Å². The van der Waals surface area contributed by atoms with E-state index in [0.717, 1.165) is 42.0 Å². The van der Waals surface area contributed by atoms with E-state index in [0.29, 0.717) is 15.6 Å². The molecule has 236 valence electrons. The molecule has 0 heterocycles. The summed E-state index contributed by atoms with van der Waals surface area (Å²) in [5.74, 6) is -0.753. The molecule has 0 aliphatic heterocycles. The number of carbonyl (C=O) groups excluding carboxylic acids is 2. The molecule has 3 aromatic rings. The number of amides is 2. The Kier molecular flexibility index (Phi) is 11.5. The van der Waals surface area contributed by atoms with Gasteiger partial charge in [0.2, 0.25) is 11.8 Å². The first kappa shape index (κ1) is 33.9. The standard InChI is InChI=1S/C32H36Cl3N3O5S/c1-21-9-14-27(15-10-21)44(41,42)38(29-18-25(34)13-16-30(29)43-3)20-31(39)37(19-23-11-12-24(33)17-28(23)35)22(2)32(40)36-26-7-5-4-6-8-26/h9-18,22,26H,4-8,19-20H2,1-3H3,(H,36,40)/t22-/m1/s1. The summed E-state index contributed by atoms with van der Waals surface area (Å²) in [6.45, 7) is 2.77. The Bertz CT molecular complexity index is 1600. The average molecular weight is 681 g/mol. The number of aryl methyl sites for hydroxylation is 1. The normalized spacial score (nSPS) is 14.5. The molecule has 0 unspecified atom stereocenters. The number of nitrogens with one attached hydrogen (secondary N) is 1. The van der Waals surface area contributed by atoms with Crippen molar-refractivity contribution in [3.05, 3.63) is 86.9 Å². The summed E-state index contributed by atoms with van der Waals surface area (Å²) < 4.78 is 34.7. The second-order valence-corrected chi connectivity index (χ2v) is 14.1. The van der Waals surface area contributed by atoms with Crippen LogP contribution >= 0.6 is 34.8 Å². The third-order valence-corrected chi connectivity index (χ3v) is 10.4. The van der Waals surface area contributed by atoms with Gasteiger partial charge in [-0.05, 0) is 74.7 Å². The van der Waals surface area contributed by atoms with Crippen LogP contribution in [0.15, 0.2) is 65.6 Å². The van der Waals surface area contributed by atoms with E-state index in [-0.39, 0.29) is 39.8 Å². The molecule has 0 bridgehead atoms. The van der Waals surface area contributed by atoms with E-state index in [4.69, 9.17) is 39.5 Å². The van der Waals surface area contributed by atoms with E-state index in [9.17, 15) is 18.0 Å². The quantitative estimate of drug-likeness (QED) is 0.235. The maximum absolute atomic E-state index is 14.3. The van der Waals surface area contributed by atoms with Gasteiger partial charge in [0.1, 0.15) is 18.3 Å². The number of hydrogen-bond donors (Lipinski definition) is 1. The molecule has 0 saturated heterocycles. The first-order valence-electron chi connectivity index (χ1n) is 14.4. The zero-order chi connectivity index (χ0) is 32.0. The van der Waals surface area contributed by atoms with Crippen LogP contribution in [0, 0.1) is 6.92 Å². The molecule has 12 heteroatoms. The number of ether oxygens (including phenoxy) is 1. The van der Waals surface area contributed by atoms with Crippen molar-refractivity contribution in [2.75, 3.05) is 18.0 Å². The largest absolute Gasteiger partial charge is 0.495 e. The van der Waals surface area contributed by atoms with Gasteiger partial charge in [0.25, 0.3) is 10.0 Å². The molecule has 0 radical (unpaired) electrons. The Hall–Kier alpha value is -2.98. The monoisotopic (exact) mass is 679 g/mol. The molecule has 2 amide bonds. The van der Waals surface area contributed by atoms with Crippen LogP contribution in [-0.4, -0.2) is 50.9 Å². The summed E-state index contributed by atoms with van der Waals surface area (Å²) in [5.41, 5.74) is 1.50. The van der Waals surface area contributed by atoms with Crippen molar-refractivity contribution in [1.82, 2.24) is 10.2 Å². The Balaban J connectivity index is 1.75. The summed E-state index contributed by atoms with van der Waals surface area (Å²) in [5, 5.41) is 4.07. The summed E-state index contributed by atoms with van der Waals surface area (Å²) >= 11 is 18.9. The highest BCUT2D eigenvalue weighted by Gasteiger charge is 2.34. The third-order valence-electron chi connectivity index (χ3n) is 7.77. The van der Waals surface area contributed by atoms with Crippen LogP contribution in [0.5, 0.6) is 5.75 Å². The van der Waals surface area contributed by atoms with Gasteiger partial charge in [0.05, 0.1) is 17.7 Å². The van der Waals surface area contributed by atoms with Gasteiger partial charge in [-0.1, -0.05) is 77.8 Å². The van der Waals surface area contributed by atoms with E-state index in [2.05, 4.69) is 5.32 Å². The second-order valence-electron chi connectivity index (χ2n) is 10.9. The molecule has 1 fully saturated rings. The smallest absolute Gasteiger partial charge is 0.264 e. The van der Waals surface area contributed by atoms with Crippen LogP contribution in [-0.2, 0) is 26.2 Å². The van der Waals surface area contributed by atoms with E-state index >= 15 is 0 Å². The van der Waals surface area contributed by atoms with Crippen molar-refractivity contribution < 1.29 is 22.7 Å². The van der Waals surface area contributed by atoms with Crippen molar-refractivity contribution >= 4 is 62.3 Å². The highest BCUT2D eigenvalue weighted by atomic mass is 35.5. The van der Waals surface area contributed by atoms with Crippen molar-refractivity contribution in [1.29, 1.82) is 0 Å². The number of halogens is 3. The van der Waals surface area contributed by atoms with Gasteiger partial charge in [-0.2, -0.15) is 0 Å². The number of anilines is 1. The van der Waals surface area contributed by atoms with Crippen molar-refractivity contribution in [2.24, 2.45) is 0 Å². The predicted octanol–water partition coefficient (Wildman–Crippen LogP) is 7.03. The zero-order valence-electron chi connectivity index (χ0n) is 24.9. The third kappa shape index (κ3) is 8.18. The highest BCUT2D eigenvalue weighted by molar-refractivity contribution is 7.92. The highest BCUT2D eigenvalue weighted by Crippen LogP contribution is 2.35. The Morgan fingerprint density at radius 3 is 2.23 bits per heavy atom. The van der Waals surface area contributed by atoms with Gasteiger partial charge < -0.3 is 15.0 Å². The first-order valence-corrected chi connectivity index (χ1v) is 16.9. The Morgan fingerprint density at radius 1 is 0.955 bits per heavy atom. The first-order chi connectivity index (χ1) is 20.9. The van der Waals surface area contributed by atoms with E-state index < -0.39 is 28.5 Å². The van der Waals surface area contributed by atoms with Crippen molar-refractivity contribution in [3.63, 3.8) is 0 Å². The van der Waals surface area contributed by atoms with Crippen molar-refractivity contribution in [2.45, 2.75) is 69.5 Å². The second kappa shape index (κ2) is 14.9. The molecule has 1 aliphatic carbocycles. The molecule has 3 aromatic carbocycles. The lowest BCUT2D eigenvalue weighted by Crippen LogP contribution is -2.53. The fourth-order valence-electron chi connectivity index (χ4n) is 5.19. The lowest BCUT2D eigenvalue weighted by atomic mass is 9.95. The number of hydrogen-bond acceptors (Lipinski definition) is 5. The molecule has 0 spiro atoms. The minimum Gasteiger partial charge on any atom is -0.495 e. The summed E-state index contributed by atoms with van der Waals surface area (Å²) in [4.78, 5) is 29.1. The molecule has 0 aromatic heterocycles. The van der Waals surface area contributed by atoms with Gasteiger partial charge in [0.15, 0.2) is 0 Å². The molecule has 8 nitrogen and oxygen atoms in total. The maximum Gasteiger partial charge on any atom is 0.264 e. The molecular formula is C32H36Cl3N3O5S. The summed E-state index contributed by atoms with van der Waals surface area (Å²) in [7, 11) is -2.90.